The Kier molecular flexibility index (Phi) is 2.96. The number of nitrogens with zero attached hydrogens (tertiary/aromatic N) is 4. The molecule has 6 nitrogen and oxygen atoms in total. The third-order valence-electron chi connectivity index (χ3n) is 2.36. The molecule has 8 heteroatoms. The molecule has 0 aromatic carbocycles. The number of rotatable bonds is 3. The molecule has 3 aromatic rings. The van der Waals surface area contributed by atoms with Gasteiger partial charge in [0.25, 0.3) is 5.78 Å². The summed E-state index contributed by atoms with van der Waals surface area (Å²) in [4.78, 5) is 20.4. The number of fused-ring (bicyclic) bond motifs is 1. The van der Waals surface area contributed by atoms with E-state index in [4.69, 9.17) is 5.11 Å². The number of hydrogen-bond donors (Lipinski definition) is 1. The molecule has 0 unspecified atom stereocenters. The summed E-state index contributed by atoms with van der Waals surface area (Å²) >= 11 is 2.65. The first kappa shape index (κ1) is 12.1. The third-order valence-corrected chi connectivity index (χ3v) is 4.39. The fourth-order valence-corrected chi connectivity index (χ4v) is 3.46. The highest BCUT2D eigenvalue weighted by Gasteiger charge is 2.11. The van der Waals surface area contributed by atoms with Gasteiger partial charge in [-0.15, -0.1) is 11.3 Å². The summed E-state index contributed by atoms with van der Waals surface area (Å²) in [5.74, 6) is -0.371. The Bertz CT molecular complexity index is 765. The zero-order valence-electron chi connectivity index (χ0n) is 9.77. The van der Waals surface area contributed by atoms with Gasteiger partial charge in [0, 0.05) is 16.0 Å². The van der Waals surface area contributed by atoms with E-state index in [0.717, 1.165) is 15.6 Å². The van der Waals surface area contributed by atoms with Crippen molar-refractivity contribution in [1.29, 1.82) is 0 Å². The molecule has 0 fully saturated rings. The van der Waals surface area contributed by atoms with Crippen molar-refractivity contribution in [2.45, 2.75) is 16.8 Å². The Hall–Kier alpha value is -1.93. The summed E-state index contributed by atoms with van der Waals surface area (Å²) < 4.78 is 1.63. The molecule has 0 aliphatic carbocycles. The first-order chi connectivity index (χ1) is 9.13. The molecular weight excluding hydrogens is 284 g/mol. The molecule has 96 valence electrons. The molecule has 0 aliphatic rings. The molecule has 1 N–H and O–H groups in total. The predicted molar refractivity (Wildman–Crippen MR) is 70.9 cm³/mol. The molecule has 3 rings (SSSR count). The van der Waals surface area contributed by atoms with Gasteiger partial charge in [-0.2, -0.15) is 14.6 Å². The van der Waals surface area contributed by atoms with Crippen LogP contribution in [0.2, 0.25) is 0 Å². The molecule has 0 aliphatic heterocycles. The summed E-state index contributed by atoms with van der Waals surface area (Å²) in [7, 11) is 0. The smallest absolute Gasteiger partial charge is 0.345 e. The maximum atomic E-state index is 10.9. The molecule has 0 bridgehead atoms. The summed E-state index contributed by atoms with van der Waals surface area (Å²) in [5, 5.41) is 15.7. The van der Waals surface area contributed by atoms with Crippen molar-refractivity contribution in [1.82, 2.24) is 19.6 Å². The number of thiophene rings is 1. The molecule has 0 amide bonds. The lowest BCUT2D eigenvalue weighted by Gasteiger charge is -2.02. The van der Waals surface area contributed by atoms with Crippen molar-refractivity contribution in [2.75, 3.05) is 0 Å². The van der Waals surface area contributed by atoms with Crippen LogP contribution in [0.25, 0.3) is 5.78 Å². The molecule has 19 heavy (non-hydrogen) atoms. The first-order valence-electron chi connectivity index (χ1n) is 5.30. The summed E-state index contributed by atoms with van der Waals surface area (Å²) in [6.45, 7) is 1.88. The van der Waals surface area contributed by atoms with Gasteiger partial charge in [-0.25, -0.2) is 9.78 Å². The van der Waals surface area contributed by atoms with Crippen LogP contribution in [0.4, 0.5) is 0 Å². The van der Waals surface area contributed by atoms with E-state index in [2.05, 4.69) is 15.1 Å². The van der Waals surface area contributed by atoms with E-state index >= 15 is 0 Å². The normalized spacial score (nSPS) is 11.0. The monoisotopic (exact) mass is 292 g/mol. The Morgan fingerprint density at radius 1 is 1.47 bits per heavy atom. The van der Waals surface area contributed by atoms with Crippen molar-refractivity contribution >= 4 is 34.8 Å². The van der Waals surface area contributed by atoms with Crippen LogP contribution in [0.5, 0.6) is 0 Å². The highest BCUT2D eigenvalue weighted by Crippen LogP contribution is 2.31. The van der Waals surface area contributed by atoms with Crippen LogP contribution >= 0.6 is 23.1 Å². The third kappa shape index (κ3) is 2.32. The summed E-state index contributed by atoms with van der Waals surface area (Å²) in [6, 6.07) is 3.54. The van der Waals surface area contributed by atoms with Gasteiger partial charge < -0.3 is 5.11 Å². The number of carbonyl (C=O) groups is 1. The first-order valence-corrected chi connectivity index (χ1v) is 7.00. The molecule has 3 heterocycles. The van der Waals surface area contributed by atoms with Crippen molar-refractivity contribution in [3.8, 4) is 0 Å². The summed E-state index contributed by atoms with van der Waals surface area (Å²) in [6.07, 6.45) is 1.45. The second-order valence-corrected chi connectivity index (χ2v) is 5.77. The van der Waals surface area contributed by atoms with Crippen molar-refractivity contribution in [2.24, 2.45) is 0 Å². The average molecular weight is 292 g/mol. The van der Waals surface area contributed by atoms with Gasteiger partial charge in [0.2, 0.25) is 0 Å². The largest absolute Gasteiger partial charge is 0.477 e. The molecule has 0 spiro atoms. The number of aromatic carboxylic acids is 1. The zero-order chi connectivity index (χ0) is 13.4. The van der Waals surface area contributed by atoms with E-state index in [1.165, 1.54) is 29.4 Å². The van der Waals surface area contributed by atoms with Gasteiger partial charge >= 0.3 is 5.97 Å². The van der Waals surface area contributed by atoms with Crippen LogP contribution in [-0.2, 0) is 0 Å². The van der Waals surface area contributed by atoms with E-state index in [1.54, 1.807) is 10.6 Å². The fourth-order valence-electron chi connectivity index (χ4n) is 1.57. The Morgan fingerprint density at radius 2 is 2.32 bits per heavy atom. The molecule has 0 atom stereocenters. The van der Waals surface area contributed by atoms with Crippen molar-refractivity contribution < 1.29 is 9.90 Å². The number of carboxylic acid groups (broad SMARTS) is 1. The number of hydrogen-bond acceptors (Lipinski definition) is 6. The lowest BCUT2D eigenvalue weighted by Crippen LogP contribution is -1.96. The maximum absolute atomic E-state index is 10.9. The Labute approximate surface area is 116 Å². The van der Waals surface area contributed by atoms with E-state index in [0.29, 0.717) is 10.7 Å². The predicted octanol–water partition coefficient (Wildman–Crippen LogP) is 2.34. The second kappa shape index (κ2) is 4.63. The standard InChI is InChI=1S/C11H8N4O2S2/c1-6-2-9(15-11(14-6)12-5-13-15)19-7-3-8(10(16)17)18-4-7/h2-5H,1H3,(H,16,17). The van der Waals surface area contributed by atoms with Crippen LogP contribution in [-0.4, -0.2) is 30.7 Å². The SMILES string of the molecule is Cc1cc(Sc2csc(C(=O)O)c2)n2ncnc2n1. The Morgan fingerprint density at radius 3 is 3.05 bits per heavy atom. The van der Waals surface area contributed by atoms with Crippen LogP contribution in [0.1, 0.15) is 15.4 Å². The lowest BCUT2D eigenvalue weighted by atomic mass is 10.5. The summed E-state index contributed by atoms with van der Waals surface area (Å²) in [5.41, 5.74) is 0.844. The minimum absolute atomic E-state index is 0.322. The van der Waals surface area contributed by atoms with Gasteiger partial charge in [-0.3, -0.25) is 0 Å². The van der Waals surface area contributed by atoms with Crippen molar-refractivity contribution in [3.63, 3.8) is 0 Å². The van der Waals surface area contributed by atoms with Gasteiger partial charge in [0.15, 0.2) is 0 Å². The van der Waals surface area contributed by atoms with Gasteiger partial charge in [-0.05, 0) is 19.1 Å². The van der Waals surface area contributed by atoms with Gasteiger partial charge in [0.1, 0.15) is 16.2 Å². The molecule has 3 aromatic heterocycles. The van der Waals surface area contributed by atoms with Crippen LogP contribution in [0, 0.1) is 6.92 Å². The molecular formula is C11H8N4O2S2. The lowest BCUT2D eigenvalue weighted by molar-refractivity contribution is 0.0702. The second-order valence-electron chi connectivity index (χ2n) is 3.76. The number of carboxylic acids is 1. The van der Waals surface area contributed by atoms with E-state index in [9.17, 15) is 4.79 Å². The zero-order valence-corrected chi connectivity index (χ0v) is 11.4. The highest BCUT2D eigenvalue weighted by molar-refractivity contribution is 7.99. The van der Waals surface area contributed by atoms with Gasteiger partial charge in [-0.1, -0.05) is 11.8 Å². The molecule has 0 saturated heterocycles. The fraction of sp³-hybridized carbons (Fsp3) is 0.0909. The maximum Gasteiger partial charge on any atom is 0.345 e. The molecule has 0 saturated carbocycles. The minimum Gasteiger partial charge on any atom is -0.477 e. The van der Waals surface area contributed by atoms with Gasteiger partial charge in [0.05, 0.1) is 0 Å². The highest BCUT2D eigenvalue weighted by atomic mass is 32.2. The van der Waals surface area contributed by atoms with E-state index in [1.807, 2.05) is 18.4 Å². The minimum atomic E-state index is -0.909. The van der Waals surface area contributed by atoms with E-state index in [-0.39, 0.29) is 0 Å². The molecule has 0 radical (unpaired) electrons. The van der Waals surface area contributed by atoms with Crippen LogP contribution in [0.3, 0.4) is 0 Å². The van der Waals surface area contributed by atoms with Crippen LogP contribution < -0.4 is 0 Å². The number of aromatic nitrogens is 4. The number of aryl methyl sites for hydroxylation is 1. The Balaban J connectivity index is 2.00. The topological polar surface area (TPSA) is 80.4 Å². The van der Waals surface area contributed by atoms with Crippen LogP contribution in [0.15, 0.2) is 33.8 Å². The van der Waals surface area contributed by atoms with Crippen molar-refractivity contribution in [3.05, 3.63) is 34.4 Å². The average Bonchev–Trinajstić information content (AvgIpc) is 2.96. The quantitative estimate of drug-likeness (QED) is 0.746. The van der Waals surface area contributed by atoms with E-state index < -0.39 is 5.97 Å².